The smallest absolute Gasteiger partial charge is 0.265 e. The fourth-order valence-electron chi connectivity index (χ4n) is 4.30. The summed E-state index contributed by atoms with van der Waals surface area (Å²) < 4.78 is 29.2. The van der Waals surface area contributed by atoms with E-state index in [1.807, 2.05) is 47.4 Å². The third-order valence-corrected chi connectivity index (χ3v) is 6.21. The first-order valence-corrected chi connectivity index (χ1v) is 10.1. The summed E-state index contributed by atoms with van der Waals surface area (Å²) >= 11 is 11.7. The average Bonchev–Trinajstić information content (AvgIpc) is 3.43. The second-order valence-electron chi connectivity index (χ2n) is 7.30. The van der Waals surface area contributed by atoms with Gasteiger partial charge in [-0.05, 0) is 42.0 Å². The van der Waals surface area contributed by atoms with Crippen molar-refractivity contribution in [3.63, 3.8) is 0 Å². The molecule has 148 valence electrons. The topological polar surface area (TPSA) is 49.4 Å². The van der Waals surface area contributed by atoms with Crippen LogP contribution in [0.5, 0.6) is 17.2 Å². The first kappa shape index (κ1) is 17.2. The zero-order chi connectivity index (χ0) is 19.6. The zero-order valence-corrected chi connectivity index (χ0v) is 16.8. The summed E-state index contributed by atoms with van der Waals surface area (Å²) in [7, 11) is 0. The fourth-order valence-corrected chi connectivity index (χ4v) is 4.83. The van der Waals surface area contributed by atoms with Gasteiger partial charge in [0.2, 0.25) is 12.4 Å². The van der Waals surface area contributed by atoms with Gasteiger partial charge in [0.15, 0.2) is 16.7 Å². The van der Waals surface area contributed by atoms with Crippen LogP contribution in [0.3, 0.4) is 0 Å². The number of hydrogen-bond donors (Lipinski definition) is 0. The highest BCUT2D eigenvalue weighted by molar-refractivity contribution is 7.80. The van der Waals surface area contributed by atoms with Gasteiger partial charge < -0.3 is 23.7 Å². The number of hydrogen-bond acceptors (Lipinski definition) is 6. The number of thiocarbonyl (C=S) groups is 1. The van der Waals surface area contributed by atoms with Crippen molar-refractivity contribution >= 4 is 34.7 Å². The Bertz CT molecular complexity index is 1070. The van der Waals surface area contributed by atoms with E-state index in [1.54, 1.807) is 0 Å². The molecule has 2 aromatic rings. The molecule has 8 heteroatoms. The van der Waals surface area contributed by atoms with Crippen LogP contribution >= 0.6 is 23.8 Å². The normalized spacial score (nSPS) is 25.8. The highest BCUT2D eigenvalue weighted by atomic mass is 35.5. The van der Waals surface area contributed by atoms with Gasteiger partial charge in [0.25, 0.3) is 5.17 Å². The summed E-state index contributed by atoms with van der Waals surface area (Å²) in [5.74, 6) is 2.08. The largest absolute Gasteiger partial charge is 0.488 e. The van der Waals surface area contributed by atoms with Crippen molar-refractivity contribution in [3.8, 4) is 17.2 Å². The number of nitrogens with zero attached hydrogens (tertiary/aromatic N) is 1. The van der Waals surface area contributed by atoms with Gasteiger partial charge in [-0.15, -0.1) is 0 Å². The maximum absolute atomic E-state index is 6.43. The summed E-state index contributed by atoms with van der Waals surface area (Å²) in [4.78, 5) is 1.97. The van der Waals surface area contributed by atoms with Gasteiger partial charge in [0.05, 0.1) is 12.2 Å². The van der Waals surface area contributed by atoms with E-state index in [-0.39, 0.29) is 12.9 Å². The SMILES string of the molecule is S=C1OC2(COc3cc4c(cc32)OCO4)c2ccccc2N1CC1CC=C(Cl)O1. The van der Waals surface area contributed by atoms with Crippen molar-refractivity contribution < 1.29 is 23.7 Å². The summed E-state index contributed by atoms with van der Waals surface area (Å²) in [6, 6.07) is 11.9. The van der Waals surface area contributed by atoms with Crippen LogP contribution in [0.25, 0.3) is 0 Å². The van der Waals surface area contributed by atoms with Gasteiger partial charge in [-0.1, -0.05) is 18.2 Å². The fraction of sp³-hybridized carbons (Fsp3) is 0.286. The third-order valence-electron chi connectivity index (χ3n) is 5.66. The monoisotopic (exact) mass is 429 g/mol. The number of benzene rings is 2. The molecule has 4 aliphatic heterocycles. The molecule has 0 amide bonds. The van der Waals surface area contributed by atoms with Crippen molar-refractivity contribution in [1.29, 1.82) is 0 Å². The molecule has 0 aromatic heterocycles. The molecule has 2 aromatic carbocycles. The third kappa shape index (κ3) is 2.50. The Morgan fingerprint density at radius 1 is 1.07 bits per heavy atom. The molecule has 0 fully saturated rings. The molecule has 0 radical (unpaired) electrons. The molecule has 29 heavy (non-hydrogen) atoms. The first-order valence-electron chi connectivity index (χ1n) is 9.33. The molecule has 2 unspecified atom stereocenters. The van der Waals surface area contributed by atoms with Gasteiger partial charge >= 0.3 is 0 Å². The first-order chi connectivity index (χ1) is 14.1. The number of fused-ring (bicyclic) bond motifs is 5. The van der Waals surface area contributed by atoms with E-state index in [0.29, 0.717) is 35.0 Å². The summed E-state index contributed by atoms with van der Waals surface area (Å²) in [6.45, 7) is 1.07. The summed E-state index contributed by atoms with van der Waals surface area (Å²) in [6.07, 6.45) is 2.53. The molecule has 4 heterocycles. The Labute approximate surface area is 177 Å². The Hall–Kier alpha value is -2.64. The van der Waals surface area contributed by atoms with Crippen LogP contribution in [-0.4, -0.2) is 31.2 Å². The van der Waals surface area contributed by atoms with Crippen molar-refractivity contribution in [2.45, 2.75) is 18.1 Å². The molecular weight excluding hydrogens is 414 g/mol. The molecule has 1 spiro atoms. The van der Waals surface area contributed by atoms with E-state index in [0.717, 1.165) is 29.0 Å². The minimum absolute atomic E-state index is 0.0768. The quantitative estimate of drug-likeness (QED) is 0.667. The highest BCUT2D eigenvalue weighted by Gasteiger charge is 2.52. The van der Waals surface area contributed by atoms with Crippen LogP contribution in [0, 0.1) is 0 Å². The van der Waals surface area contributed by atoms with E-state index in [9.17, 15) is 0 Å². The number of para-hydroxylation sites is 1. The summed E-state index contributed by atoms with van der Waals surface area (Å²) in [5, 5.41) is 0.808. The minimum atomic E-state index is -0.826. The van der Waals surface area contributed by atoms with Crippen molar-refractivity contribution in [2.24, 2.45) is 0 Å². The minimum Gasteiger partial charge on any atom is -0.488 e. The van der Waals surface area contributed by atoms with Crippen LogP contribution < -0.4 is 19.1 Å². The van der Waals surface area contributed by atoms with E-state index in [4.69, 9.17) is 47.5 Å². The predicted molar refractivity (Wildman–Crippen MR) is 110 cm³/mol. The molecule has 4 aliphatic rings. The number of anilines is 1. The zero-order valence-electron chi connectivity index (χ0n) is 15.2. The molecule has 0 saturated carbocycles. The van der Waals surface area contributed by atoms with Gasteiger partial charge in [0.1, 0.15) is 18.5 Å². The van der Waals surface area contributed by atoms with Gasteiger partial charge in [-0.25, -0.2) is 0 Å². The van der Waals surface area contributed by atoms with Crippen LogP contribution in [0.1, 0.15) is 17.5 Å². The van der Waals surface area contributed by atoms with Gasteiger partial charge in [0, 0.05) is 23.6 Å². The molecular formula is C21H16ClNO5S. The molecule has 0 saturated heterocycles. The lowest BCUT2D eigenvalue weighted by Gasteiger charge is -2.42. The number of ether oxygens (including phenoxy) is 5. The van der Waals surface area contributed by atoms with E-state index in [2.05, 4.69) is 0 Å². The van der Waals surface area contributed by atoms with Gasteiger partial charge in [-0.3, -0.25) is 4.90 Å². The molecule has 0 N–H and O–H groups in total. The van der Waals surface area contributed by atoms with Crippen LogP contribution in [-0.2, 0) is 15.1 Å². The van der Waals surface area contributed by atoms with E-state index in [1.165, 1.54) is 0 Å². The lowest BCUT2D eigenvalue weighted by atomic mass is 9.85. The lowest BCUT2D eigenvalue weighted by molar-refractivity contribution is 0.0635. The molecule has 6 rings (SSSR count). The van der Waals surface area contributed by atoms with Gasteiger partial charge in [-0.2, -0.15) is 0 Å². The summed E-state index contributed by atoms with van der Waals surface area (Å²) in [5.41, 5.74) is 2.03. The van der Waals surface area contributed by atoms with Crippen molar-refractivity contribution in [3.05, 3.63) is 58.8 Å². The maximum atomic E-state index is 6.43. The van der Waals surface area contributed by atoms with Crippen molar-refractivity contribution in [1.82, 2.24) is 0 Å². The van der Waals surface area contributed by atoms with Crippen LogP contribution in [0.4, 0.5) is 5.69 Å². The Morgan fingerprint density at radius 2 is 1.90 bits per heavy atom. The Kier molecular flexibility index (Phi) is 3.67. The average molecular weight is 430 g/mol. The van der Waals surface area contributed by atoms with Crippen LogP contribution in [0.2, 0.25) is 0 Å². The molecule has 0 bridgehead atoms. The second-order valence-corrected chi connectivity index (χ2v) is 8.02. The Morgan fingerprint density at radius 3 is 2.72 bits per heavy atom. The lowest BCUT2D eigenvalue weighted by Crippen LogP contribution is -2.49. The van der Waals surface area contributed by atoms with Crippen LogP contribution in [0.15, 0.2) is 47.7 Å². The second kappa shape index (κ2) is 6.18. The highest BCUT2D eigenvalue weighted by Crippen LogP contribution is 2.53. The maximum Gasteiger partial charge on any atom is 0.265 e. The predicted octanol–water partition coefficient (Wildman–Crippen LogP) is 4.04. The van der Waals surface area contributed by atoms with E-state index >= 15 is 0 Å². The number of halogens is 1. The van der Waals surface area contributed by atoms with E-state index < -0.39 is 5.60 Å². The molecule has 6 nitrogen and oxygen atoms in total. The van der Waals surface area contributed by atoms with Crippen molar-refractivity contribution in [2.75, 3.05) is 24.8 Å². The molecule has 0 aliphatic carbocycles. The Balaban J connectivity index is 1.43. The number of rotatable bonds is 2. The standard InChI is InChI=1S/C21H16ClNO5S/c22-19-6-5-12(27-19)9-23-15-4-2-1-3-13(15)21(28-20(23)29)10-24-16-8-18-17(7-14(16)21)25-11-26-18/h1-4,6-8,12H,5,9-11H2. The molecule has 2 atom stereocenters.